The van der Waals surface area contributed by atoms with Crippen molar-refractivity contribution in [2.75, 3.05) is 5.33 Å². The Kier molecular flexibility index (Phi) is 7.66. The van der Waals surface area contributed by atoms with Gasteiger partial charge in [-0.2, -0.15) is 0 Å². The molecule has 0 amide bonds. The summed E-state index contributed by atoms with van der Waals surface area (Å²) in [5, 5.41) is 3.00. The van der Waals surface area contributed by atoms with Gasteiger partial charge < -0.3 is 0 Å². The minimum Gasteiger partial charge on any atom is -0.0925 e. The first-order valence-corrected chi connectivity index (χ1v) is 14.6. The van der Waals surface area contributed by atoms with Gasteiger partial charge in [0.25, 0.3) is 0 Å². The van der Waals surface area contributed by atoms with E-state index < -0.39 is 8.07 Å². The Morgan fingerprint density at radius 2 is 1.52 bits per heavy atom. The highest BCUT2D eigenvalue weighted by atomic mass is 79.9. The molecule has 0 nitrogen and oxygen atoms in total. The molecule has 1 aliphatic heterocycles. The van der Waals surface area contributed by atoms with Crippen LogP contribution in [0.2, 0.25) is 18.1 Å². The number of benzene rings is 1. The zero-order chi connectivity index (χ0) is 17.5. The molecule has 0 N–H and O–H groups in total. The molecule has 1 saturated carbocycles. The van der Waals surface area contributed by atoms with Crippen LogP contribution in [-0.4, -0.2) is 13.4 Å². The molecule has 2 heteroatoms. The van der Waals surface area contributed by atoms with E-state index in [9.17, 15) is 0 Å². The molecule has 0 radical (unpaired) electrons. The number of halogens is 1. The van der Waals surface area contributed by atoms with Crippen molar-refractivity contribution in [1.82, 2.24) is 0 Å². The highest BCUT2D eigenvalue weighted by Crippen LogP contribution is 2.44. The first-order valence-electron chi connectivity index (χ1n) is 10.9. The standard InChI is InChI=1S/C23H37BrSi/c1-2-3-7-16-25(23-8-5-4-6-9-23)17-14-22(15-18-25)21-12-10-20(19-24)11-13-21/h4-6,8-9,20-22H,2-3,7,10-19H2,1H3/t20?,21?,22-,25+. The van der Waals surface area contributed by atoms with E-state index in [1.54, 1.807) is 23.3 Å². The Balaban J connectivity index is 1.61. The monoisotopic (exact) mass is 420 g/mol. The van der Waals surface area contributed by atoms with Gasteiger partial charge in [-0.1, -0.05) is 109 Å². The molecule has 1 saturated heterocycles. The lowest BCUT2D eigenvalue weighted by Crippen LogP contribution is -2.50. The first kappa shape index (κ1) is 19.7. The highest BCUT2D eigenvalue weighted by molar-refractivity contribution is 9.09. The van der Waals surface area contributed by atoms with E-state index in [1.165, 1.54) is 63.1 Å². The molecule has 2 fully saturated rings. The summed E-state index contributed by atoms with van der Waals surface area (Å²) in [6, 6.07) is 16.4. The molecule has 1 aromatic rings. The van der Waals surface area contributed by atoms with Crippen molar-refractivity contribution in [3.8, 4) is 0 Å². The summed E-state index contributed by atoms with van der Waals surface area (Å²) < 4.78 is 0. The van der Waals surface area contributed by atoms with Gasteiger partial charge >= 0.3 is 0 Å². The molecule has 1 aliphatic carbocycles. The van der Waals surface area contributed by atoms with Gasteiger partial charge in [0.1, 0.15) is 0 Å². The van der Waals surface area contributed by atoms with Crippen LogP contribution in [0.25, 0.3) is 0 Å². The second-order valence-electron chi connectivity index (χ2n) is 8.88. The van der Waals surface area contributed by atoms with Crippen LogP contribution in [-0.2, 0) is 0 Å². The van der Waals surface area contributed by atoms with Crippen LogP contribution in [0.3, 0.4) is 0 Å². The summed E-state index contributed by atoms with van der Waals surface area (Å²) in [6.45, 7) is 2.34. The Morgan fingerprint density at radius 3 is 2.12 bits per heavy atom. The maximum atomic E-state index is 3.70. The quantitative estimate of drug-likeness (QED) is 0.249. The van der Waals surface area contributed by atoms with Crippen LogP contribution in [0, 0.1) is 17.8 Å². The third-order valence-corrected chi connectivity index (χ3v) is 13.7. The molecule has 1 heterocycles. The van der Waals surface area contributed by atoms with Gasteiger partial charge in [-0.15, -0.1) is 0 Å². The minimum atomic E-state index is -1.23. The van der Waals surface area contributed by atoms with Gasteiger partial charge in [-0.25, -0.2) is 0 Å². The third-order valence-electron chi connectivity index (χ3n) is 7.41. The van der Waals surface area contributed by atoms with Gasteiger partial charge in [0.05, 0.1) is 8.07 Å². The van der Waals surface area contributed by atoms with Gasteiger partial charge in [0.2, 0.25) is 0 Å². The SMILES string of the molecule is CCCCC[Si@]1(c2ccccc2)CC[C@@H](C2CCC(CBr)CC2)CC1. The Bertz CT molecular complexity index is 484. The van der Waals surface area contributed by atoms with Crippen LogP contribution in [0.4, 0.5) is 0 Å². The second-order valence-corrected chi connectivity index (χ2v) is 14.2. The van der Waals surface area contributed by atoms with Crippen LogP contribution < -0.4 is 5.19 Å². The fourth-order valence-corrected chi connectivity index (χ4v) is 11.6. The summed E-state index contributed by atoms with van der Waals surface area (Å²) in [6.07, 6.45) is 13.3. The minimum absolute atomic E-state index is 0.965. The van der Waals surface area contributed by atoms with E-state index in [-0.39, 0.29) is 0 Å². The second kappa shape index (κ2) is 9.74. The molecule has 0 atom stereocenters. The van der Waals surface area contributed by atoms with Crippen LogP contribution in [0.1, 0.15) is 64.7 Å². The molecular weight excluding hydrogens is 384 g/mol. The summed E-state index contributed by atoms with van der Waals surface area (Å²) in [5.41, 5.74) is 0. The van der Waals surface area contributed by atoms with Gasteiger partial charge in [-0.3, -0.25) is 0 Å². The molecule has 140 valence electrons. The first-order chi connectivity index (χ1) is 12.3. The molecule has 25 heavy (non-hydrogen) atoms. The largest absolute Gasteiger partial charge is 0.0925 e. The summed E-state index contributed by atoms with van der Waals surface area (Å²) >= 11 is 3.70. The topological polar surface area (TPSA) is 0 Å². The maximum absolute atomic E-state index is 3.70. The van der Waals surface area contributed by atoms with Crippen molar-refractivity contribution in [2.24, 2.45) is 17.8 Å². The Morgan fingerprint density at radius 1 is 0.880 bits per heavy atom. The number of alkyl halides is 1. The van der Waals surface area contributed by atoms with Crippen LogP contribution in [0.5, 0.6) is 0 Å². The molecule has 0 unspecified atom stereocenters. The van der Waals surface area contributed by atoms with Crippen LogP contribution >= 0.6 is 15.9 Å². The normalized spacial score (nSPS) is 33.3. The van der Waals surface area contributed by atoms with E-state index >= 15 is 0 Å². The number of hydrogen-bond acceptors (Lipinski definition) is 0. The van der Waals surface area contributed by atoms with Crippen molar-refractivity contribution in [3.05, 3.63) is 30.3 Å². The Labute approximate surface area is 165 Å². The maximum Gasteiger partial charge on any atom is 0.0867 e. The molecule has 3 rings (SSSR count). The van der Waals surface area contributed by atoms with E-state index in [0.29, 0.717) is 0 Å². The van der Waals surface area contributed by atoms with Gasteiger partial charge in [-0.05, 0) is 43.4 Å². The van der Waals surface area contributed by atoms with Crippen molar-refractivity contribution in [1.29, 1.82) is 0 Å². The van der Waals surface area contributed by atoms with Gasteiger partial charge in [0, 0.05) is 5.33 Å². The average Bonchev–Trinajstić information content (AvgIpc) is 2.69. The number of unbranched alkanes of at least 4 members (excludes halogenated alkanes) is 2. The molecule has 0 spiro atoms. The molecule has 0 bridgehead atoms. The van der Waals surface area contributed by atoms with Crippen molar-refractivity contribution >= 4 is 29.2 Å². The van der Waals surface area contributed by atoms with Crippen molar-refractivity contribution in [3.63, 3.8) is 0 Å². The predicted octanol–water partition coefficient (Wildman–Crippen LogP) is 7.14. The smallest absolute Gasteiger partial charge is 0.0867 e. The van der Waals surface area contributed by atoms with Crippen molar-refractivity contribution in [2.45, 2.75) is 82.8 Å². The highest BCUT2D eigenvalue weighted by Gasteiger charge is 2.40. The lowest BCUT2D eigenvalue weighted by molar-refractivity contribution is 0.200. The van der Waals surface area contributed by atoms with E-state index in [2.05, 4.69) is 53.2 Å². The molecule has 0 aromatic heterocycles. The molecular formula is C23H37BrSi. The number of hydrogen-bond donors (Lipinski definition) is 0. The number of rotatable bonds is 7. The zero-order valence-corrected chi connectivity index (χ0v) is 18.8. The lowest BCUT2D eigenvalue weighted by atomic mass is 9.74. The van der Waals surface area contributed by atoms with E-state index in [1.807, 2.05) is 0 Å². The third kappa shape index (κ3) is 5.00. The summed E-state index contributed by atoms with van der Waals surface area (Å²) in [7, 11) is -1.23. The fraction of sp³-hybridized carbons (Fsp3) is 0.739. The van der Waals surface area contributed by atoms with Gasteiger partial charge in [0.15, 0.2) is 0 Å². The van der Waals surface area contributed by atoms with E-state index in [4.69, 9.17) is 0 Å². The molecule has 2 aliphatic rings. The lowest BCUT2D eigenvalue weighted by Gasteiger charge is -2.43. The van der Waals surface area contributed by atoms with Crippen molar-refractivity contribution < 1.29 is 0 Å². The zero-order valence-electron chi connectivity index (χ0n) is 16.2. The Hall–Kier alpha value is -0.0831. The predicted molar refractivity (Wildman–Crippen MR) is 118 cm³/mol. The van der Waals surface area contributed by atoms with E-state index in [0.717, 1.165) is 17.8 Å². The average molecular weight is 422 g/mol. The van der Waals surface area contributed by atoms with Crippen LogP contribution in [0.15, 0.2) is 30.3 Å². The molecule has 1 aromatic carbocycles. The summed E-state index contributed by atoms with van der Waals surface area (Å²) in [5.74, 6) is 3.06. The fourth-order valence-electron chi connectivity index (χ4n) is 5.67. The summed E-state index contributed by atoms with van der Waals surface area (Å²) in [4.78, 5) is 0.